The van der Waals surface area contributed by atoms with Gasteiger partial charge in [-0.2, -0.15) is 0 Å². The summed E-state index contributed by atoms with van der Waals surface area (Å²) in [5, 5.41) is 4.91. The normalized spacial score (nSPS) is 10.4. The van der Waals surface area contributed by atoms with Crippen LogP contribution in [0.5, 0.6) is 0 Å². The Morgan fingerprint density at radius 1 is 1.11 bits per heavy atom. The molecule has 3 heteroatoms. The zero-order valence-corrected chi connectivity index (χ0v) is 11.9. The van der Waals surface area contributed by atoms with Crippen molar-refractivity contribution in [1.29, 1.82) is 0 Å². The van der Waals surface area contributed by atoms with Gasteiger partial charge in [0.1, 0.15) is 0 Å². The first-order chi connectivity index (χ1) is 8.50. The molecule has 0 bridgehead atoms. The Hall–Kier alpha value is -1.61. The number of benzene rings is 1. The van der Waals surface area contributed by atoms with Crippen LogP contribution < -0.4 is 5.32 Å². The van der Waals surface area contributed by atoms with E-state index < -0.39 is 0 Å². The van der Waals surface area contributed by atoms with Crippen molar-refractivity contribution in [2.45, 2.75) is 27.7 Å². The molecule has 1 amide bonds. The maximum Gasteiger partial charge on any atom is 0.256 e. The van der Waals surface area contributed by atoms with Crippen molar-refractivity contribution in [3.05, 3.63) is 50.7 Å². The molecule has 94 valence electrons. The van der Waals surface area contributed by atoms with Crippen molar-refractivity contribution in [3.63, 3.8) is 0 Å². The Labute approximate surface area is 112 Å². The molecule has 2 nitrogen and oxygen atoms in total. The number of nitrogens with one attached hydrogen (secondary N) is 1. The molecule has 0 fully saturated rings. The van der Waals surface area contributed by atoms with Gasteiger partial charge in [-0.3, -0.25) is 4.79 Å². The Balaban J connectivity index is 2.27. The minimum absolute atomic E-state index is 0.0226. The SMILES string of the molecule is Cc1cccc(NC(=O)c2csc(C)c2C)c1C. The fraction of sp³-hybridized carbons (Fsp3) is 0.267. The van der Waals surface area contributed by atoms with Gasteiger partial charge in [0.05, 0.1) is 5.56 Å². The van der Waals surface area contributed by atoms with Crippen LogP contribution >= 0.6 is 11.3 Å². The van der Waals surface area contributed by atoms with Crippen molar-refractivity contribution in [1.82, 2.24) is 0 Å². The molecule has 0 aliphatic heterocycles. The predicted octanol–water partition coefficient (Wildman–Crippen LogP) is 4.23. The summed E-state index contributed by atoms with van der Waals surface area (Å²) < 4.78 is 0. The second kappa shape index (κ2) is 4.94. The van der Waals surface area contributed by atoms with Crippen LogP contribution in [0.15, 0.2) is 23.6 Å². The molecule has 0 radical (unpaired) electrons. The molecule has 0 saturated carbocycles. The van der Waals surface area contributed by atoms with Crippen LogP contribution in [0.1, 0.15) is 31.9 Å². The number of rotatable bonds is 2. The molecule has 0 saturated heterocycles. The van der Waals surface area contributed by atoms with E-state index in [1.165, 1.54) is 10.4 Å². The van der Waals surface area contributed by atoms with Crippen molar-refractivity contribution < 1.29 is 4.79 Å². The molecule has 1 aromatic heterocycles. The highest BCUT2D eigenvalue weighted by Gasteiger charge is 2.13. The van der Waals surface area contributed by atoms with E-state index in [4.69, 9.17) is 0 Å². The number of thiophene rings is 1. The summed E-state index contributed by atoms with van der Waals surface area (Å²) in [4.78, 5) is 13.4. The number of anilines is 1. The first-order valence-corrected chi connectivity index (χ1v) is 6.81. The van der Waals surface area contributed by atoms with Crippen molar-refractivity contribution in [2.24, 2.45) is 0 Å². The number of carbonyl (C=O) groups is 1. The lowest BCUT2D eigenvalue weighted by atomic mass is 10.1. The van der Waals surface area contributed by atoms with E-state index >= 15 is 0 Å². The number of hydrogen-bond donors (Lipinski definition) is 1. The number of hydrogen-bond acceptors (Lipinski definition) is 2. The molecule has 0 aliphatic rings. The standard InChI is InChI=1S/C15H17NOS/c1-9-6-5-7-14(10(9)2)16-15(17)13-8-18-12(4)11(13)3/h5-8H,1-4H3,(H,16,17). The molecular weight excluding hydrogens is 242 g/mol. The third-order valence-corrected chi connectivity index (χ3v) is 4.40. The third-order valence-electron chi connectivity index (χ3n) is 3.38. The van der Waals surface area contributed by atoms with Gasteiger partial charge in [0, 0.05) is 15.9 Å². The maximum atomic E-state index is 12.2. The van der Waals surface area contributed by atoms with Crippen molar-refractivity contribution in [3.8, 4) is 0 Å². The maximum absolute atomic E-state index is 12.2. The van der Waals surface area contributed by atoms with E-state index in [0.29, 0.717) is 0 Å². The van der Waals surface area contributed by atoms with Gasteiger partial charge in [-0.25, -0.2) is 0 Å². The molecule has 0 aliphatic carbocycles. The average molecular weight is 259 g/mol. The van der Waals surface area contributed by atoms with Gasteiger partial charge in [0.15, 0.2) is 0 Å². The number of amides is 1. The summed E-state index contributed by atoms with van der Waals surface area (Å²) in [5.41, 5.74) is 5.05. The summed E-state index contributed by atoms with van der Waals surface area (Å²) in [6.07, 6.45) is 0. The Kier molecular flexibility index (Phi) is 3.53. The molecular formula is C15H17NOS. The van der Waals surface area contributed by atoms with E-state index in [9.17, 15) is 4.79 Å². The molecule has 1 heterocycles. The van der Waals surface area contributed by atoms with Gasteiger partial charge in [-0.15, -0.1) is 11.3 Å². The van der Waals surface area contributed by atoms with E-state index in [-0.39, 0.29) is 5.91 Å². The molecule has 0 atom stereocenters. The zero-order chi connectivity index (χ0) is 13.3. The van der Waals surface area contributed by atoms with Gasteiger partial charge >= 0.3 is 0 Å². The van der Waals surface area contributed by atoms with Gasteiger partial charge in [-0.05, 0) is 50.5 Å². The highest BCUT2D eigenvalue weighted by atomic mass is 32.1. The van der Waals surface area contributed by atoms with Gasteiger partial charge in [0.25, 0.3) is 5.91 Å². The minimum atomic E-state index is -0.0226. The first-order valence-electron chi connectivity index (χ1n) is 5.93. The number of carbonyl (C=O) groups excluding carboxylic acids is 1. The van der Waals surface area contributed by atoms with Crippen LogP contribution in [0, 0.1) is 27.7 Å². The lowest BCUT2D eigenvalue weighted by Crippen LogP contribution is -2.13. The first kappa shape index (κ1) is 12.8. The molecule has 1 aromatic carbocycles. The highest BCUT2D eigenvalue weighted by molar-refractivity contribution is 7.10. The molecule has 2 aromatic rings. The lowest BCUT2D eigenvalue weighted by molar-refractivity contribution is 0.102. The lowest BCUT2D eigenvalue weighted by Gasteiger charge is -2.10. The second-order valence-corrected chi connectivity index (χ2v) is 5.62. The van der Waals surface area contributed by atoms with Crippen LogP contribution in [0.4, 0.5) is 5.69 Å². The van der Waals surface area contributed by atoms with Gasteiger partial charge in [-0.1, -0.05) is 12.1 Å². The molecule has 0 spiro atoms. The minimum Gasteiger partial charge on any atom is -0.322 e. The third kappa shape index (κ3) is 2.31. The molecule has 0 unspecified atom stereocenters. The highest BCUT2D eigenvalue weighted by Crippen LogP contribution is 2.23. The number of aryl methyl sites for hydroxylation is 2. The van der Waals surface area contributed by atoms with E-state index in [2.05, 4.69) is 5.32 Å². The summed E-state index contributed by atoms with van der Waals surface area (Å²) in [5.74, 6) is -0.0226. The van der Waals surface area contributed by atoms with Crippen LogP contribution in [-0.4, -0.2) is 5.91 Å². The zero-order valence-electron chi connectivity index (χ0n) is 11.1. The van der Waals surface area contributed by atoms with Crippen LogP contribution in [-0.2, 0) is 0 Å². The van der Waals surface area contributed by atoms with Gasteiger partial charge < -0.3 is 5.32 Å². The Bertz CT molecular complexity index is 599. The quantitative estimate of drug-likeness (QED) is 0.859. The van der Waals surface area contributed by atoms with Crippen LogP contribution in [0.2, 0.25) is 0 Å². The van der Waals surface area contributed by atoms with E-state index in [1.807, 2.05) is 51.3 Å². The molecule has 2 rings (SSSR count). The van der Waals surface area contributed by atoms with Crippen molar-refractivity contribution in [2.75, 3.05) is 5.32 Å². The summed E-state index contributed by atoms with van der Waals surface area (Å²) in [6.45, 7) is 8.10. The topological polar surface area (TPSA) is 29.1 Å². The second-order valence-electron chi connectivity index (χ2n) is 4.53. The summed E-state index contributed by atoms with van der Waals surface area (Å²) in [6, 6.07) is 5.95. The Morgan fingerprint density at radius 3 is 2.44 bits per heavy atom. The smallest absolute Gasteiger partial charge is 0.256 e. The van der Waals surface area contributed by atoms with Crippen molar-refractivity contribution >= 4 is 22.9 Å². The summed E-state index contributed by atoms with van der Waals surface area (Å²) >= 11 is 1.62. The largest absolute Gasteiger partial charge is 0.322 e. The fourth-order valence-corrected chi connectivity index (χ4v) is 2.68. The van der Waals surface area contributed by atoms with Gasteiger partial charge in [0.2, 0.25) is 0 Å². The molecule has 18 heavy (non-hydrogen) atoms. The monoisotopic (exact) mass is 259 g/mol. The van der Waals surface area contributed by atoms with E-state index in [1.54, 1.807) is 11.3 Å². The van der Waals surface area contributed by atoms with E-state index in [0.717, 1.165) is 22.4 Å². The molecule has 1 N–H and O–H groups in total. The van der Waals surface area contributed by atoms with Crippen LogP contribution in [0.3, 0.4) is 0 Å². The predicted molar refractivity (Wildman–Crippen MR) is 77.7 cm³/mol. The van der Waals surface area contributed by atoms with Crippen LogP contribution in [0.25, 0.3) is 0 Å². The summed E-state index contributed by atoms with van der Waals surface area (Å²) in [7, 11) is 0. The average Bonchev–Trinajstić information content (AvgIpc) is 2.66. The Morgan fingerprint density at radius 2 is 1.83 bits per heavy atom. The fourth-order valence-electron chi connectivity index (χ4n) is 1.81.